The number of rotatable bonds is 9. The molecule has 2 aromatic rings. The molecule has 38 heavy (non-hydrogen) atoms. The van der Waals surface area contributed by atoms with Crippen LogP contribution in [0.2, 0.25) is 0 Å². The van der Waals surface area contributed by atoms with Gasteiger partial charge in [0.25, 0.3) is 0 Å². The quantitative estimate of drug-likeness (QED) is 0.295. The molecule has 0 aliphatic heterocycles. The molecule has 0 amide bonds. The topological polar surface area (TPSA) is 0 Å². The number of hydrogen-bond acceptors (Lipinski definition) is 0. The second-order valence-electron chi connectivity index (χ2n) is 12.9. The maximum absolute atomic E-state index is 2.52. The van der Waals surface area contributed by atoms with Crippen LogP contribution in [0, 0.1) is 23.7 Å². The van der Waals surface area contributed by atoms with Crippen LogP contribution in [-0.4, -0.2) is 0 Å². The van der Waals surface area contributed by atoms with Gasteiger partial charge in [-0.1, -0.05) is 79.6 Å². The maximum atomic E-state index is 2.52. The van der Waals surface area contributed by atoms with Gasteiger partial charge < -0.3 is 0 Å². The van der Waals surface area contributed by atoms with Crippen LogP contribution < -0.4 is 0 Å². The highest BCUT2D eigenvalue weighted by Crippen LogP contribution is 2.42. The Kier molecular flexibility index (Phi) is 10.00. The van der Waals surface area contributed by atoms with Crippen molar-refractivity contribution in [2.75, 3.05) is 0 Å². The lowest BCUT2D eigenvalue weighted by Crippen LogP contribution is -2.26. The van der Waals surface area contributed by atoms with E-state index in [-0.39, 0.29) is 0 Å². The predicted molar refractivity (Wildman–Crippen MR) is 166 cm³/mol. The zero-order valence-corrected chi connectivity index (χ0v) is 24.3. The van der Waals surface area contributed by atoms with Crippen LogP contribution in [0.4, 0.5) is 0 Å². The Morgan fingerprint density at radius 1 is 0.605 bits per heavy atom. The van der Waals surface area contributed by atoms with Crippen LogP contribution in [0.25, 0.3) is 11.1 Å². The summed E-state index contributed by atoms with van der Waals surface area (Å²) in [6.45, 7) is 4.29. The molecule has 3 aliphatic rings. The molecule has 204 valence electrons. The summed E-state index contributed by atoms with van der Waals surface area (Å²) in [5, 5.41) is 0. The van der Waals surface area contributed by atoms with Crippen molar-refractivity contribution in [3.63, 3.8) is 0 Å². The minimum Gasteiger partial charge on any atom is -0.0917 e. The average molecular weight is 509 g/mol. The monoisotopic (exact) mass is 508 g/mol. The van der Waals surface area contributed by atoms with Gasteiger partial charge in [0.1, 0.15) is 0 Å². The largest absolute Gasteiger partial charge is 0.0917 e. The number of aryl methyl sites for hydroxylation is 1. The number of allylic oxidation sites excluding steroid dienone is 4. The zero-order valence-electron chi connectivity index (χ0n) is 24.3. The number of fused-ring (bicyclic) bond motifs is 1. The summed E-state index contributed by atoms with van der Waals surface area (Å²) >= 11 is 0. The summed E-state index contributed by atoms with van der Waals surface area (Å²) in [4.78, 5) is 0. The van der Waals surface area contributed by atoms with Gasteiger partial charge in [0, 0.05) is 0 Å². The van der Waals surface area contributed by atoms with E-state index < -0.39 is 0 Å². The number of hydrogen-bond donors (Lipinski definition) is 0. The lowest BCUT2D eigenvalue weighted by atomic mass is 9.69. The molecule has 2 aromatic carbocycles. The molecule has 5 rings (SSSR count). The summed E-state index contributed by atoms with van der Waals surface area (Å²) in [6.07, 6.45) is 29.9. The first kappa shape index (κ1) is 27.5. The van der Waals surface area contributed by atoms with Gasteiger partial charge in [-0.05, 0) is 155 Å². The van der Waals surface area contributed by atoms with E-state index in [1.165, 1.54) is 107 Å². The molecule has 0 nitrogen and oxygen atoms in total. The third kappa shape index (κ3) is 7.11. The van der Waals surface area contributed by atoms with Crippen LogP contribution in [-0.2, 0) is 12.8 Å². The van der Waals surface area contributed by atoms with E-state index in [0.717, 1.165) is 29.6 Å². The van der Waals surface area contributed by atoms with E-state index in [1.54, 1.807) is 16.7 Å². The Hall–Kier alpha value is -2.08. The van der Waals surface area contributed by atoms with Crippen LogP contribution >= 0.6 is 0 Å². The van der Waals surface area contributed by atoms with Crippen LogP contribution in [0.1, 0.15) is 120 Å². The van der Waals surface area contributed by atoms with Crippen molar-refractivity contribution in [2.45, 2.75) is 116 Å². The predicted octanol–water partition coefficient (Wildman–Crippen LogP) is 11.3. The van der Waals surface area contributed by atoms with Crippen LogP contribution in [0.15, 0.2) is 66.8 Å². The van der Waals surface area contributed by atoms with E-state index in [4.69, 9.17) is 0 Å². The number of benzene rings is 2. The lowest BCUT2D eigenvalue weighted by molar-refractivity contribution is 0.185. The van der Waals surface area contributed by atoms with Crippen LogP contribution in [0.5, 0.6) is 0 Å². The fraction of sp³-hybridized carbons (Fsp3) is 0.579. The van der Waals surface area contributed by atoms with E-state index in [1.807, 2.05) is 0 Å². The van der Waals surface area contributed by atoms with Gasteiger partial charge in [0.05, 0.1) is 0 Å². The molecule has 0 saturated heterocycles. The van der Waals surface area contributed by atoms with E-state index in [9.17, 15) is 0 Å². The first-order chi connectivity index (χ1) is 18.7. The highest BCUT2D eigenvalue weighted by Gasteiger charge is 2.30. The van der Waals surface area contributed by atoms with Gasteiger partial charge in [-0.15, -0.1) is 0 Å². The molecule has 1 unspecified atom stereocenters. The molecule has 1 atom stereocenters. The molecular formula is C38H52. The van der Waals surface area contributed by atoms with Gasteiger partial charge in [-0.3, -0.25) is 0 Å². The average Bonchev–Trinajstić information content (AvgIpc) is 2.98. The van der Waals surface area contributed by atoms with Gasteiger partial charge in [-0.2, -0.15) is 0 Å². The Morgan fingerprint density at radius 3 is 1.84 bits per heavy atom. The van der Waals surface area contributed by atoms with Crippen molar-refractivity contribution in [2.24, 2.45) is 23.7 Å². The molecule has 0 bridgehead atoms. The summed E-state index contributed by atoms with van der Waals surface area (Å²) in [5.41, 5.74) is 7.65. The molecule has 0 heterocycles. The highest BCUT2D eigenvalue weighted by molar-refractivity contribution is 5.65. The first-order valence-electron chi connectivity index (χ1n) is 16.2. The standard InChI is InChI=1S/C38H52/c1-3-5-7-9-29-11-15-31(16-12-29)32-19-21-34(22-20-32)36-24-26-37-27-35(23-25-38(37)28-36)33-17-13-30(14-18-33)10-8-6-4-2/h3-6,19-22,24,26,28-31,33,35H,7-18,23,25,27H2,1-2H3/b5-3+,6-4+. The molecule has 0 N–H and O–H groups in total. The highest BCUT2D eigenvalue weighted by atomic mass is 14.4. The normalized spacial score (nSPS) is 28.1. The smallest absolute Gasteiger partial charge is 0.0162 e. The second kappa shape index (κ2) is 13.8. The lowest BCUT2D eigenvalue weighted by Gasteiger charge is -2.36. The van der Waals surface area contributed by atoms with E-state index >= 15 is 0 Å². The molecule has 3 aliphatic carbocycles. The molecule has 0 heteroatoms. The second-order valence-corrected chi connectivity index (χ2v) is 12.9. The summed E-state index contributed by atoms with van der Waals surface area (Å²) in [5.74, 6) is 4.58. The van der Waals surface area contributed by atoms with Crippen molar-refractivity contribution in [3.8, 4) is 11.1 Å². The van der Waals surface area contributed by atoms with Crippen molar-refractivity contribution in [1.82, 2.24) is 0 Å². The Bertz CT molecular complexity index is 1040. The van der Waals surface area contributed by atoms with Crippen molar-refractivity contribution in [3.05, 3.63) is 83.5 Å². The fourth-order valence-corrected chi connectivity index (χ4v) is 8.04. The third-order valence-corrected chi connectivity index (χ3v) is 10.5. The van der Waals surface area contributed by atoms with Crippen molar-refractivity contribution >= 4 is 0 Å². The Labute approximate surface area is 234 Å². The molecule has 0 aromatic heterocycles. The van der Waals surface area contributed by atoms with Gasteiger partial charge in [0.15, 0.2) is 0 Å². The minimum atomic E-state index is 0.769. The third-order valence-electron chi connectivity index (χ3n) is 10.5. The molecule has 2 fully saturated rings. The Balaban J connectivity index is 1.13. The zero-order chi connectivity index (χ0) is 26.2. The van der Waals surface area contributed by atoms with Gasteiger partial charge >= 0.3 is 0 Å². The SMILES string of the molecule is C/C=C/CCC1CCC(c2ccc(-c3ccc4c(c3)CCC(C3CCC(CC/C=C/C)CC3)C4)cc2)CC1. The fourth-order valence-electron chi connectivity index (χ4n) is 8.04. The minimum absolute atomic E-state index is 0.769. The molecule has 2 saturated carbocycles. The molecular weight excluding hydrogens is 456 g/mol. The van der Waals surface area contributed by atoms with Crippen molar-refractivity contribution < 1.29 is 0 Å². The molecule has 0 radical (unpaired) electrons. The Morgan fingerprint density at radius 2 is 1.21 bits per heavy atom. The first-order valence-corrected chi connectivity index (χ1v) is 16.2. The van der Waals surface area contributed by atoms with E-state index in [2.05, 4.69) is 80.6 Å². The van der Waals surface area contributed by atoms with E-state index in [0.29, 0.717) is 0 Å². The summed E-state index contributed by atoms with van der Waals surface area (Å²) < 4.78 is 0. The van der Waals surface area contributed by atoms with Gasteiger partial charge in [0.2, 0.25) is 0 Å². The molecule has 0 spiro atoms. The summed E-state index contributed by atoms with van der Waals surface area (Å²) in [7, 11) is 0. The summed E-state index contributed by atoms with van der Waals surface area (Å²) in [6, 6.07) is 17.1. The maximum Gasteiger partial charge on any atom is -0.0162 e. The van der Waals surface area contributed by atoms with Gasteiger partial charge in [-0.25, -0.2) is 0 Å². The van der Waals surface area contributed by atoms with Crippen molar-refractivity contribution in [1.29, 1.82) is 0 Å². The van der Waals surface area contributed by atoms with Crippen LogP contribution in [0.3, 0.4) is 0 Å².